The predicted molar refractivity (Wildman–Crippen MR) is 89.8 cm³/mol. The third kappa shape index (κ3) is 4.63. The SMILES string of the molecule is CC(C)[C@@H](C(=O)NCCc1nc(C(=O)O)cs1)c1ccccc1. The minimum atomic E-state index is -1.03. The first kappa shape index (κ1) is 17.1. The van der Waals surface area contributed by atoms with Crippen LogP contribution in [0.15, 0.2) is 35.7 Å². The Morgan fingerprint density at radius 3 is 2.52 bits per heavy atom. The van der Waals surface area contributed by atoms with Gasteiger partial charge in [0.1, 0.15) is 0 Å². The largest absolute Gasteiger partial charge is 0.476 e. The van der Waals surface area contributed by atoms with Crippen LogP contribution in [0.1, 0.15) is 40.8 Å². The second-order valence-corrected chi connectivity index (χ2v) is 6.55. The summed E-state index contributed by atoms with van der Waals surface area (Å²) >= 11 is 1.30. The van der Waals surface area contributed by atoms with Gasteiger partial charge in [-0.05, 0) is 11.5 Å². The Morgan fingerprint density at radius 2 is 1.96 bits per heavy atom. The summed E-state index contributed by atoms with van der Waals surface area (Å²) in [4.78, 5) is 27.3. The molecule has 1 heterocycles. The summed E-state index contributed by atoms with van der Waals surface area (Å²) in [5, 5.41) is 14.0. The van der Waals surface area contributed by atoms with E-state index in [9.17, 15) is 9.59 Å². The maximum absolute atomic E-state index is 12.5. The number of nitrogens with zero attached hydrogens (tertiary/aromatic N) is 1. The summed E-state index contributed by atoms with van der Waals surface area (Å²) in [7, 11) is 0. The molecule has 0 aliphatic heterocycles. The lowest BCUT2D eigenvalue weighted by Crippen LogP contribution is -2.33. The highest BCUT2D eigenvalue weighted by Gasteiger charge is 2.23. The molecule has 0 saturated carbocycles. The number of thiazole rings is 1. The molecule has 0 aliphatic carbocycles. The Labute approximate surface area is 139 Å². The number of aromatic carboxylic acids is 1. The van der Waals surface area contributed by atoms with Gasteiger partial charge >= 0.3 is 5.97 Å². The third-order valence-corrected chi connectivity index (χ3v) is 4.43. The van der Waals surface area contributed by atoms with Gasteiger partial charge in [-0.1, -0.05) is 44.2 Å². The van der Waals surface area contributed by atoms with Crippen molar-refractivity contribution < 1.29 is 14.7 Å². The van der Waals surface area contributed by atoms with Crippen LogP contribution in [-0.4, -0.2) is 28.5 Å². The van der Waals surface area contributed by atoms with Gasteiger partial charge in [0, 0.05) is 18.3 Å². The first-order chi connectivity index (χ1) is 11.0. The number of carboxylic acid groups (broad SMARTS) is 1. The molecule has 6 heteroatoms. The third-order valence-electron chi connectivity index (χ3n) is 3.52. The Balaban J connectivity index is 1.93. The molecule has 2 N–H and O–H groups in total. The molecule has 0 spiro atoms. The molecular formula is C17H20N2O3S. The zero-order valence-corrected chi connectivity index (χ0v) is 14.0. The molecule has 23 heavy (non-hydrogen) atoms. The maximum atomic E-state index is 12.5. The molecule has 2 rings (SSSR count). The summed E-state index contributed by atoms with van der Waals surface area (Å²) in [5.74, 6) is -1.04. The van der Waals surface area contributed by atoms with E-state index in [1.54, 1.807) is 0 Å². The molecule has 1 amide bonds. The predicted octanol–water partition coefficient (Wildman–Crippen LogP) is 2.94. The van der Waals surface area contributed by atoms with Crippen molar-refractivity contribution in [2.24, 2.45) is 5.92 Å². The van der Waals surface area contributed by atoms with Gasteiger partial charge in [0.2, 0.25) is 5.91 Å². The Morgan fingerprint density at radius 1 is 1.26 bits per heavy atom. The van der Waals surface area contributed by atoms with Crippen molar-refractivity contribution in [2.75, 3.05) is 6.54 Å². The van der Waals surface area contributed by atoms with E-state index in [2.05, 4.69) is 10.3 Å². The number of aromatic nitrogens is 1. The summed E-state index contributed by atoms with van der Waals surface area (Å²) in [6.07, 6.45) is 0.531. The normalized spacial score (nSPS) is 12.1. The van der Waals surface area contributed by atoms with E-state index in [-0.39, 0.29) is 23.4 Å². The van der Waals surface area contributed by atoms with Crippen molar-refractivity contribution in [2.45, 2.75) is 26.2 Å². The smallest absolute Gasteiger partial charge is 0.355 e. The number of hydrogen-bond acceptors (Lipinski definition) is 4. The number of amides is 1. The minimum Gasteiger partial charge on any atom is -0.476 e. The van der Waals surface area contributed by atoms with Crippen LogP contribution in [-0.2, 0) is 11.2 Å². The summed E-state index contributed by atoms with van der Waals surface area (Å²) < 4.78 is 0. The van der Waals surface area contributed by atoms with Crippen LogP contribution in [0, 0.1) is 5.92 Å². The molecule has 1 aromatic carbocycles. The molecule has 1 atom stereocenters. The van der Waals surface area contributed by atoms with E-state index >= 15 is 0 Å². The van der Waals surface area contributed by atoms with E-state index in [0.717, 1.165) is 5.56 Å². The maximum Gasteiger partial charge on any atom is 0.355 e. The molecular weight excluding hydrogens is 312 g/mol. The second kappa shape index (κ2) is 7.87. The summed E-state index contributed by atoms with van der Waals surface area (Å²) in [6, 6.07) is 9.72. The van der Waals surface area contributed by atoms with Crippen molar-refractivity contribution in [3.8, 4) is 0 Å². The standard InChI is InChI=1S/C17H20N2O3S/c1-11(2)15(12-6-4-3-5-7-12)16(20)18-9-8-14-19-13(10-23-14)17(21)22/h3-7,10-11,15H,8-9H2,1-2H3,(H,18,20)(H,21,22)/t15-/m1/s1. The fourth-order valence-electron chi connectivity index (χ4n) is 2.43. The quantitative estimate of drug-likeness (QED) is 0.817. The van der Waals surface area contributed by atoms with Gasteiger partial charge < -0.3 is 10.4 Å². The van der Waals surface area contributed by atoms with Crippen LogP contribution in [0.4, 0.5) is 0 Å². The number of hydrogen-bond donors (Lipinski definition) is 2. The monoisotopic (exact) mass is 332 g/mol. The summed E-state index contributed by atoms with van der Waals surface area (Å²) in [6.45, 7) is 4.50. The highest BCUT2D eigenvalue weighted by Crippen LogP contribution is 2.24. The topological polar surface area (TPSA) is 79.3 Å². The highest BCUT2D eigenvalue weighted by atomic mass is 32.1. The van der Waals surface area contributed by atoms with Gasteiger partial charge in [-0.3, -0.25) is 4.79 Å². The number of carboxylic acids is 1. The van der Waals surface area contributed by atoms with Crippen LogP contribution >= 0.6 is 11.3 Å². The fraction of sp³-hybridized carbons (Fsp3) is 0.353. The van der Waals surface area contributed by atoms with Crippen molar-refractivity contribution in [3.63, 3.8) is 0 Å². The Kier molecular flexibility index (Phi) is 5.87. The van der Waals surface area contributed by atoms with E-state index in [4.69, 9.17) is 5.11 Å². The van der Waals surface area contributed by atoms with Gasteiger partial charge in [-0.2, -0.15) is 0 Å². The molecule has 2 aromatic rings. The van der Waals surface area contributed by atoms with Crippen LogP contribution < -0.4 is 5.32 Å². The molecule has 0 fully saturated rings. The first-order valence-electron chi connectivity index (χ1n) is 7.49. The van der Waals surface area contributed by atoms with Crippen LogP contribution in [0.25, 0.3) is 0 Å². The Bertz CT molecular complexity index is 667. The fourth-order valence-corrected chi connectivity index (χ4v) is 3.20. The molecule has 0 radical (unpaired) electrons. The van der Waals surface area contributed by atoms with E-state index in [1.807, 2.05) is 44.2 Å². The lowest BCUT2D eigenvalue weighted by atomic mass is 9.87. The average molecular weight is 332 g/mol. The van der Waals surface area contributed by atoms with Crippen molar-refractivity contribution in [1.82, 2.24) is 10.3 Å². The van der Waals surface area contributed by atoms with Gasteiger partial charge in [-0.25, -0.2) is 9.78 Å². The van der Waals surface area contributed by atoms with Crippen molar-refractivity contribution in [1.29, 1.82) is 0 Å². The number of benzene rings is 1. The molecule has 1 aromatic heterocycles. The Hall–Kier alpha value is -2.21. The van der Waals surface area contributed by atoms with E-state index in [1.165, 1.54) is 16.7 Å². The molecule has 0 aliphatic rings. The lowest BCUT2D eigenvalue weighted by Gasteiger charge is -2.20. The van der Waals surface area contributed by atoms with Crippen LogP contribution in [0.2, 0.25) is 0 Å². The number of carbonyl (C=O) groups excluding carboxylic acids is 1. The zero-order chi connectivity index (χ0) is 16.8. The highest BCUT2D eigenvalue weighted by molar-refractivity contribution is 7.09. The molecule has 5 nitrogen and oxygen atoms in total. The van der Waals surface area contributed by atoms with Crippen molar-refractivity contribution in [3.05, 3.63) is 52.0 Å². The van der Waals surface area contributed by atoms with Gasteiger partial charge in [0.25, 0.3) is 0 Å². The molecule has 122 valence electrons. The van der Waals surface area contributed by atoms with Crippen LogP contribution in [0.3, 0.4) is 0 Å². The number of nitrogens with one attached hydrogen (secondary N) is 1. The second-order valence-electron chi connectivity index (χ2n) is 5.61. The van der Waals surface area contributed by atoms with E-state index in [0.29, 0.717) is 18.0 Å². The van der Waals surface area contributed by atoms with Gasteiger partial charge in [0.05, 0.1) is 10.9 Å². The van der Waals surface area contributed by atoms with Crippen molar-refractivity contribution >= 4 is 23.2 Å². The average Bonchev–Trinajstić information content (AvgIpc) is 2.97. The number of carbonyl (C=O) groups is 2. The van der Waals surface area contributed by atoms with Crippen LogP contribution in [0.5, 0.6) is 0 Å². The first-order valence-corrected chi connectivity index (χ1v) is 8.37. The number of rotatable bonds is 7. The van der Waals surface area contributed by atoms with E-state index < -0.39 is 5.97 Å². The molecule has 0 bridgehead atoms. The minimum absolute atomic E-state index is 0.0128. The zero-order valence-electron chi connectivity index (χ0n) is 13.2. The molecule has 0 unspecified atom stereocenters. The van der Waals surface area contributed by atoms with Gasteiger partial charge in [0.15, 0.2) is 5.69 Å². The lowest BCUT2D eigenvalue weighted by molar-refractivity contribution is -0.123. The molecule has 0 saturated heterocycles. The summed E-state index contributed by atoms with van der Waals surface area (Å²) in [5.41, 5.74) is 1.06. The van der Waals surface area contributed by atoms with Gasteiger partial charge in [-0.15, -0.1) is 11.3 Å².